The van der Waals surface area contributed by atoms with Crippen molar-refractivity contribution in [1.82, 2.24) is 0 Å². The Hall–Kier alpha value is -1.60. The van der Waals surface area contributed by atoms with Gasteiger partial charge in [-0.3, -0.25) is 0 Å². The molecule has 0 unspecified atom stereocenters. The first-order chi connectivity index (χ1) is 7.68. The van der Waals surface area contributed by atoms with Gasteiger partial charge in [-0.2, -0.15) is 0 Å². The number of rotatable bonds is 2. The van der Waals surface area contributed by atoms with E-state index in [2.05, 4.69) is 44.2 Å². The van der Waals surface area contributed by atoms with Gasteiger partial charge in [-0.15, -0.1) is 0 Å². The molecule has 82 valence electrons. The summed E-state index contributed by atoms with van der Waals surface area (Å²) in [4.78, 5) is 0. The van der Waals surface area contributed by atoms with Crippen LogP contribution in [0.25, 0.3) is 0 Å². The highest BCUT2D eigenvalue weighted by molar-refractivity contribution is 5.38. The lowest BCUT2D eigenvalue weighted by Gasteiger charge is -2.15. The Bertz CT molecular complexity index is 474. The van der Waals surface area contributed by atoms with E-state index in [9.17, 15) is 0 Å². The second kappa shape index (κ2) is 4.50. The minimum absolute atomic E-state index is 0.0268. The van der Waals surface area contributed by atoms with Crippen LogP contribution in [0, 0.1) is 13.8 Å². The molecule has 0 spiro atoms. The van der Waals surface area contributed by atoms with Gasteiger partial charge >= 0.3 is 0 Å². The van der Waals surface area contributed by atoms with Crippen LogP contribution in [0.15, 0.2) is 48.5 Å². The summed E-state index contributed by atoms with van der Waals surface area (Å²) >= 11 is 0. The number of nitrogens with two attached hydrogens (primary N) is 1. The van der Waals surface area contributed by atoms with E-state index in [0.29, 0.717) is 0 Å². The Morgan fingerprint density at radius 1 is 0.938 bits per heavy atom. The molecule has 0 heterocycles. The van der Waals surface area contributed by atoms with E-state index in [1.807, 2.05) is 18.2 Å². The van der Waals surface area contributed by atoms with Crippen LogP contribution in [0.4, 0.5) is 0 Å². The molecule has 0 bridgehead atoms. The van der Waals surface area contributed by atoms with Gasteiger partial charge in [0.1, 0.15) is 0 Å². The van der Waals surface area contributed by atoms with Crippen LogP contribution < -0.4 is 5.73 Å². The Labute approximate surface area is 96.9 Å². The monoisotopic (exact) mass is 211 g/mol. The van der Waals surface area contributed by atoms with Crippen LogP contribution in [-0.2, 0) is 0 Å². The van der Waals surface area contributed by atoms with Gasteiger partial charge in [-0.25, -0.2) is 0 Å². The fourth-order valence-corrected chi connectivity index (χ4v) is 1.93. The highest BCUT2D eigenvalue weighted by atomic mass is 14.6. The maximum Gasteiger partial charge on any atom is 0.0554 e. The summed E-state index contributed by atoms with van der Waals surface area (Å²) in [6, 6.07) is 16.6. The smallest absolute Gasteiger partial charge is 0.0554 e. The van der Waals surface area contributed by atoms with Gasteiger partial charge in [0.2, 0.25) is 0 Å². The summed E-state index contributed by atoms with van der Waals surface area (Å²) in [6.07, 6.45) is 0. The molecular weight excluding hydrogens is 194 g/mol. The molecule has 0 radical (unpaired) electrons. The van der Waals surface area contributed by atoms with Crippen molar-refractivity contribution in [2.75, 3.05) is 0 Å². The Morgan fingerprint density at radius 2 is 1.62 bits per heavy atom. The first-order valence-corrected chi connectivity index (χ1v) is 5.56. The number of hydrogen-bond acceptors (Lipinski definition) is 1. The summed E-state index contributed by atoms with van der Waals surface area (Å²) in [6.45, 7) is 4.21. The second-order valence-electron chi connectivity index (χ2n) is 4.25. The van der Waals surface area contributed by atoms with Gasteiger partial charge in [0.15, 0.2) is 0 Å². The molecular formula is C15H17N. The van der Waals surface area contributed by atoms with Crippen LogP contribution in [0.3, 0.4) is 0 Å². The lowest BCUT2D eigenvalue weighted by atomic mass is 9.94. The largest absolute Gasteiger partial charge is 0.320 e. The zero-order valence-electron chi connectivity index (χ0n) is 9.77. The minimum Gasteiger partial charge on any atom is -0.320 e. The zero-order chi connectivity index (χ0) is 11.5. The van der Waals surface area contributed by atoms with Crippen LogP contribution in [-0.4, -0.2) is 0 Å². The fourth-order valence-electron chi connectivity index (χ4n) is 1.93. The molecule has 2 aromatic carbocycles. The molecule has 2 rings (SSSR count). The molecule has 0 saturated heterocycles. The number of hydrogen-bond donors (Lipinski definition) is 1. The highest BCUT2D eigenvalue weighted by Gasteiger charge is 2.10. The van der Waals surface area contributed by atoms with Gasteiger partial charge in [-0.05, 0) is 30.5 Å². The van der Waals surface area contributed by atoms with Crippen LogP contribution >= 0.6 is 0 Å². The lowest BCUT2D eigenvalue weighted by molar-refractivity contribution is 0.860. The maximum absolute atomic E-state index is 6.29. The van der Waals surface area contributed by atoms with Crippen molar-refractivity contribution in [2.24, 2.45) is 5.73 Å². The van der Waals surface area contributed by atoms with Gasteiger partial charge < -0.3 is 5.73 Å². The summed E-state index contributed by atoms with van der Waals surface area (Å²) < 4.78 is 0. The van der Waals surface area contributed by atoms with Gasteiger partial charge in [-0.1, -0.05) is 54.1 Å². The van der Waals surface area contributed by atoms with E-state index in [0.717, 1.165) is 5.56 Å². The molecule has 2 N–H and O–H groups in total. The van der Waals surface area contributed by atoms with E-state index < -0.39 is 0 Å². The molecule has 16 heavy (non-hydrogen) atoms. The molecule has 1 heteroatoms. The number of aryl methyl sites for hydroxylation is 2. The molecule has 0 aliphatic rings. The summed E-state index contributed by atoms with van der Waals surface area (Å²) in [5.41, 5.74) is 11.2. The fraction of sp³-hybridized carbons (Fsp3) is 0.200. The first-order valence-electron chi connectivity index (χ1n) is 5.56. The lowest BCUT2D eigenvalue weighted by Crippen LogP contribution is -2.13. The predicted octanol–water partition coefficient (Wildman–Crippen LogP) is 3.35. The number of benzene rings is 2. The molecule has 2 aromatic rings. The molecule has 0 aromatic heterocycles. The van der Waals surface area contributed by atoms with Crippen LogP contribution in [0.1, 0.15) is 28.3 Å². The van der Waals surface area contributed by atoms with Crippen molar-refractivity contribution >= 4 is 0 Å². The van der Waals surface area contributed by atoms with Crippen molar-refractivity contribution in [3.05, 3.63) is 70.8 Å². The van der Waals surface area contributed by atoms with E-state index in [1.165, 1.54) is 16.7 Å². The highest BCUT2D eigenvalue weighted by Crippen LogP contribution is 2.23. The molecule has 0 saturated carbocycles. The van der Waals surface area contributed by atoms with Crippen molar-refractivity contribution in [3.63, 3.8) is 0 Å². The summed E-state index contributed by atoms with van der Waals surface area (Å²) in [5, 5.41) is 0. The van der Waals surface area contributed by atoms with Crippen LogP contribution in [0.5, 0.6) is 0 Å². The molecule has 0 fully saturated rings. The standard InChI is InChI=1S/C15H17N/c1-11-8-9-12(2)14(10-11)15(16)13-6-4-3-5-7-13/h3-10,15H,16H2,1-2H3/t15-/m0/s1. The molecule has 0 aliphatic carbocycles. The van der Waals surface area contributed by atoms with Crippen LogP contribution in [0.2, 0.25) is 0 Å². The Balaban J connectivity index is 2.41. The molecule has 0 amide bonds. The minimum atomic E-state index is -0.0268. The van der Waals surface area contributed by atoms with Gasteiger partial charge in [0, 0.05) is 0 Å². The van der Waals surface area contributed by atoms with Gasteiger partial charge in [0.05, 0.1) is 6.04 Å². The third-order valence-electron chi connectivity index (χ3n) is 2.93. The third-order valence-corrected chi connectivity index (χ3v) is 2.93. The topological polar surface area (TPSA) is 26.0 Å². The van der Waals surface area contributed by atoms with Crippen molar-refractivity contribution in [3.8, 4) is 0 Å². The van der Waals surface area contributed by atoms with E-state index >= 15 is 0 Å². The average Bonchev–Trinajstić information content (AvgIpc) is 2.32. The maximum atomic E-state index is 6.29. The average molecular weight is 211 g/mol. The quantitative estimate of drug-likeness (QED) is 0.810. The van der Waals surface area contributed by atoms with E-state index in [-0.39, 0.29) is 6.04 Å². The summed E-state index contributed by atoms with van der Waals surface area (Å²) in [7, 11) is 0. The third kappa shape index (κ3) is 2.15. The normalized spacial score (nSPS) is 12.4. The zero-order valence-corrected chi connectivity index (χ0v) is 9.77. The molecule has 1 atom stereocenters. The van der Waals surface area contributed by atoms with Crippen molar-refractivity contribution < 1.29 is 0 Å². The SMILES string of the molecule is Cc1ccc(C)c([C@@H](N)c2ccccc2)c1. The summed E-state index contributed by atoms with van der Waals surface area (Å²) in [5.74, 6) is 0. The van der Waals surface area contributed by atoms with Gasteiger partial charge in [0.25, 0.3) is 0 Å². The Kier molecular flexibility index (Phi) is 3.07. The molecule has 0 aliphatic heterocycles. The van der Waals surface area contributed by atoms with E-state index in [1.54, 1.807) is 0 Å². The van der Waals surface area contributed by atoms with Crippen molar-refractivity contribution in [2.45, 2.75) is 19.9 Å². The second-order valence-corrected chi connectivity index (χ2v) is 4.25. The van der Waals surface area contributed by atoms with E-state index in [4.69, 9.17) is 5.73 Å². The molecule has 1 nitrogen and oxygen atoms in total. The first kappa shape index (κ1) is 10.9. The van der Waals surface area contributed by atoms with Crippen molar-refractivity contribution in [1.29, 1.82) is 0 Å². The Morgan fingerprint density at radius 3 is 2.31 bits per heavy atom. The predicted molar refractivity (Wildman–Crippen MR) is 68.4 cm³/mol.